The third kappa shape index (κ3) is 4.59. The number of fused-ring (bicyclic) bond motifs is 1. The minimum Gasteiger partial charge on any atom is -0.487 e. The molecular formula is C28H31NO. The number of pyridine rings is 1. The van der Waals surface area contributed by atoms with E-state index in [4.69, 9.17) is 4.74 Å². The van der Waals surface area contributed by atoms with E-state index >= 15 is 0 Å². The third-order valence-corrected chi connectivity index (χ3v) is 5.80. The van der Waals surface area contributed by atoms with E-state index in [1.165, 1.54) is 47.2 Å². The van der Waals surface area contributed by atoms with E-state index in [9.17, 15) is 0 Å². The number of hydrogen-bond donors (Lipinski definition) is 0. The van der Waals surface area contributed by atoms with Crippen molar-refractivity contribution in [3.05, 3.63) is 107 Å². The maximum atomic E-state index is 6.20. The Morgan fingerprint density at radius 1 is 0.800 bits per heavy atom. The number of nitrogens with zero attached hydrogens (tertiary/aromatic N) is 1. The quantitative estimate of drug-likeness (QED) is 0.296. The van der Waals surface area contributed by atoms with Crippen molar-refractivity contribution in [2.75, 3.05) is 0 Å². The summed E-state index contributed by atoms with van der Waals surface area (Å²) >= 11 is 0. The molecule has 0 aliphatic heterocycles. The lowest BCUT2D eigenvalue weighted by atomic mass is 10.0. The lowest BCUT2D eigenvalue weighted by molar-refractivity contribution is 0.309. The van der Waals surface area contributed by atoms with Crippen LogP contribution in [0.3, 0.4) is 0 Å². The Hall–Kier alpha value is -3.00. The summed E-state index contributed by atoms with van der Waals surface area (Å²) in [6, 6.07) is 26.0. The van der Waals surface area contributed by atoms with Gasteiger partial charge in [-0.25, -0.2) is 0 Å². The van der Waals surface area contributed by atoms with E-state index in [0.717, 1.165) is 24.1 Å². The molecule has 2 aromatic heterocycles. The Balaban J connectivity index is 1.58. The van der Waals surface area contributed by atoms with Gasteiger partial charge < -0.3 is 9.14 Å². The molecule has 0 radical (unpaired) electrons. The van der Waals surface area contributed by atoms with E-state index < -0.39 is 0 Å². The normalized spacial score (nSPS) is 11.1. The highest BCUT2D eigenvalue weighted by atomic mass is 16.5. The molecular weight excluding hydrogens is 366 g/mol. The number of hydrogen-bond acceptors (Lipinski definition) is 1. The molecule has 0 fully saturated rings. The molecule has 0 aliphatic carbocycles. The third-order valence-electron chi connectivity index (χ3n) is 5.80. The van der Waals surface area contributed by atoms with Gasteiger partial charge in [-0.2, -0.15) is 0 Å². The van der Waals surface area contributed by atoms with Crippen LogP contribution in [0.2, 0.25) is 0 Å². The van der Waals surface area contributed by atoms with Gasteiger partial charge in [-0.05, 0) is 59.7 Å². The first-order chi connectivity index (χ1) is 14.8. The standard InChI is InChI=1S/C28H31NO/c1-3-5-10-22-14-16-23(17-15-22)19-26-25(4-2)20-27-28(13-9-18-29(26)27)30-21-24-11-7-6-8-12-24/h6-9,11-18,20H,3-5,10,19,21H2,1-2H3. The maximum Gasteiger partial charge on any atom is 0.143 e. The van der Waals surface area contributed by atoms with Crippen LogP contribution in [0, 0.1) is 0 Å². The zero-order valence-electron chi connectivity index (χ0n) is 18.1. The van der Waals surface area contributed by atoms with Crippen molar-refractivity contribution in [1.29, 1.82) is 0 Å². The maximum absolute atomic E-state index is 6.20. The molecule has 154 valence electrons. The number of unbranched alkanes of at least 4 members (excludes halogenated alkanes) is 1. The Morgan fingerprint density at radius 3 is 2.30 bits per heavy atom. The fourth-order valence-corrected chi connectivity index (χ4v) is 4.04. The first-order valence-corrected chi connectivity index (χ1v) is 11.1. The minimum absolute atomic E-state index is 0.585. The van der Waals surface area contributed by atoms with Gasteiger partial charge in [0.25, 0.3) is 0 Å². The highest BCUT2D eigenvalue weighted by Gasteiger charge is 2.13. The van der Waals surface area contributed by atoms with Crippen LogP contribution in [0.4, 0.5) is 0 Å². The molecule has 30 heavy (non-hydrogen) atoms. The number of ether oxygens (including phenoxy) is 1. The van der Waals surface area contributed by atoms with E-state index in [0.29, 0.717) is 6.61 Å². The predicted molar refractivity (Wildman–Crippen MR) is 125 cm³/mol. The molecule has 0 aliphatic rings. The van der Waals surface area contributed by atoms with Gasteiger partial charge in [0.15, 0.2) is 0 Å². The van der Waals surface area contributed by atoms with Crippen molar-refractivity contribution in [3.63, 3.8) is 0 Å². The minimum atomic E-state index is 0.585. The summed E-state index contributed by atoms with van der Waals surface area (Å²) in [7, 11) is 0. The van der Waals surface area contributed by atoms with Crippen LogP contribution in [-0.2, 0) is 25.9 Å². The van der Waals surface area contributed by atoms with Crippen molar-refractivity contribution >= 4 is 5.52 Å². The Bertz CT molecular complexity index is 1080. The summed E-state index contributed by atoms with van der Waals surface area (Å²) in [4.78, 5) is 0. The number of rotatable bonds is 9. The van der Waals surface area contributed by atoms with Crippen LogP contribution in [-0.4, -0.2) is 4.40 Å². The summed E-state index contributed by atoms with van der Waals surface area (Å²) < 4.78 is 8.51. The predicted octanol–water partition coefficient (Wildman–Crippen LogP) is 7.01. The first-order valence-electron chi connectivity index (χ1n) is 11.1. The van der Waals surface area contributed by atoms with Crippen LogP contribution < -0.4 is 4.74 Å². The lowest BCUT2D eigenvalue weighted by Gasteiger charge is -2.10. The Labute approximate surface area is 180 Å². The summed E-state index contributed by atoms with van der Waals surface area (Å²) in [5.74, 6) is 0.942. The van der Waals surface area contributed by atoms with Crippen LogP contribution in [0.1, 0.15) is 54.6 Å². The molecule has 0 amide bonds. The van der Waals surface area contributed by atoms with Gasteiger partial charge in [0.05, 0.1) is 5.52 Å². The highest BCUT2D eigenvalue weighted by molar-refractivity contribution is 5.64. The van der Waals surface area contributed by atoms with Gasteiger partial charge in [0, 0.05) is 18.3 Å². The fraction of sp³-hybridized carbons (Fsp3) is 0.286. The average Bonchev–Trinajstić information content (AvgIpc) is 3.16. The number of aromatic nitrogens is 1. The second-order valence-electron chi connectivity index (χ2n) is 7.97. The number of benzene rings is 2. The van der Waals surface area contributed by atoms with Crippen molar-refractivity contribution in [1.82, 2.24) is 4.40 Å². The van der Waals surface area contributed by atoms with Crippen molar-refractivity contribution < 1.29 is 4.74 Å². The molecule has 4 aromatic rings. The molecule has 2 aromatic carbocycles. The van der Waals surface area contributed by atoms with Gasteiger partial charge in [0.1, 0.15) is 12.4 Å². The monoisotopic (exact) mass is 397 g/mol. The molecule has 0 bridgehead atoms. The number of aryl methyl sites for hydroxylation is 2. The summed E-state index contributed by atoms with van der Waals surface area (Å²) in [6.45, 7) is 5.06. The summed E-state index contributed by atoms with van der Waals surface area (Å²) in [5.41, 5.74) is 7.89. The van der Waals surface area contributed by atoms with Gasteiger partial charge in [-0.15, -0.1) is 0 Å². The molecule has 2 nitrogen and oxygen atoms in total. The topological polar surface area (TPSA) is 13.6 Å². The zero-order chi connectivity index (χ0) is 20.8. The zero-order valence-corrected chi connectivity index (χ0v) is 18.1. The molecule has 0 atom stereocenters. The van der Waals surface area contributed by atoms with Gasteiger partial charge in [-0.1, -0.05) is 74.9 Å². The Kier molecular flexibility index (Phi) is 6.53. The molecule has 2 heterocycles. The van der Waals surface area contributed by atoms with E-state index in [-0.39, 0.29) is 0 Å². The van der Waals surface area contributed by atoms with Crippen molar-refractivity contribution in [2.24, 2.45) is 0 Å². The van der Waals surface area contributed by atoms with Gasteiger partial charge >= 0.3 is 0 Å². The van der Waals surface area contributed by atoms with Crippen LogP contribution in [0.25, 0.3) is 5.52 Å². The molecule has 4 rings (SSSR count). The van der Waals surface area contributed by atoms with E-state index in [2.05, 4.69) is 91.2 Å². The highest BCUT2D eigenvalue weighted by Crippen LogP contribution is 2.28. The summed E-state index contributed by atoms with van der Waals surface area (Å²) in [6.07, 6.45) is 7.79. The van der Waals surface area contributed by atoms with Crippen molar-refractivity contribution in [3.8, 4) is 5.75 Å². The average molecular weight is 398 g/mol. The van der Waals surface area contributed by atoms with Crippen molar-refractivity contribution in [2.45, 2.75) is 52.6 Å². The van der Waals surface area contributed by atoms with Gasteiger partial charge in [0.2, 0.25) is 0 Å². The smallest absolute Gasteiger partial charge is 0.143 e. The lowest BCUT2D eigenvalue weighted by Crippen LogP contribution is -2.00. The van der Waals surface area contributed by atoms with E-state index in [1.807, 2.05) is 6.07 Å². The van der Waals surface area contributed by atoms with E-state index in [1.54, 1.807) is 0 Å². The van der Waals surface area contributed by atoms with Crippen LogP contribution in [0.5, 0.6) is 5.75 Å². The van der Waals surface area contributed by atoms with Gasteiger partial charge in [-0.3, -0.25) is 0 Å². The molecule has 0 saturated heterocycles. The molecule has 0 spiro atoms. The molecule has 0 unspecified atom stereocenters. The first kappa shape index (κ1) is 20.3. The van der Waals surface area contributed by atoms with Crippen LogP contribution >= 0.6 is 0 Å². The molecule has 2 heteroatoms. The summed E-state index contributed by atoms with van der Waals surface area (Å²) in [5, 5.41) is 0. The molecule has 0 saturated carbocycles. The SMILES string of the molecule is CCCCc1ccc(Cc2c(CC)cc3c(OCc4ccccc4)cccn23)cc1. The largest absolute Gasteiger partial charge is 0.487 e. The Morgan fingerprint density at radius 2 is 1.57 bits per heavy atom. The second-order valence-corrected chi connectivity index (χ2v) is 7.97. The van der Waals surface area contributed by atoms with Crippen LogP contribution in [0.15, 0.2) is 79.0 Å². The fourth-order valence-electron chi connectivity index (χ4n) is 4.04. The molecule has 0 N–H and O–H groups in total. The second kappa shape index (κ2) is 9.67.